The zero-order valence-corrected chi connectivity index (χ0v) is 9.74. The summed E-state index contributed by atoms with van der Waals surface area (Å²) in [5, 5.41) is 1.62. The number of hydrogen-bond donors (Lipinski definition) is 1. The fourth-order valence-electron chi connectivity index (χ4n) is 2.22. The zero-order chi connectivity index (χ0) is 11.3. The third kappa shape index (κ3) is 4.18. The molecule has 0 heterocycles. The van der Waals surface area contributed by atoms with Crippen LogP contribution in [-0.4, -0.2) is 31.7 Å². The second kappa shape index (κ2) is 6.08. The molecule has 0 aliphatic heterocycles. The maximum Gasteiger partial charge on any atom is 0.223 e. The summed E-state index contributed by atoms with van der Waals surface area (Å²) in [7, 11) is 3.64. The Morgan fingerprint density at radius 1 is 1.40 bits per heavy atom. The molecule has 1 atom stereocenters. The van der Waals surface area contributed by atoms with Gasteiger partial charge in [-0.25, -0.2) is 0 Å². The molecule has 1 saturated carbocycles. The Balaban J connectivity index is 2.44. The highest BCUT2D eigenvalue weighted by Gasteiger charge is 2.28. The fraction of sp³-hybridized carbons (Fsp3) is 0.909. The maximum atomic E-state index is 11.3. The SMILES string of the molecule is CN(C)OCC(C(N)=O)C1CCCCC1. The predicted octanol–water partition coefficient (Wildman–Crippen LogP) is 1.16. The van der Waals surface area contributed by atoms with Gasteiger partial charge in [0.2, 0.25) is 5.91 Å². The standard InChI is InChI=1S/C11H22N2O2/c1-13(2)15-8-10(11(12)14)9-6-4-3-5-7-9/h9-10H,3-8H2,1-2H3,(H2,12,14). The van der Waals surface area contributed by atoms with E-state index >= 15 is 0 Å². The molecule has 88 valence electrons. The van der Waals surface area contributed by atoms with Crippen molar-refractivity contribution in [3.63, 3.8) is 0 Å². The highest BCUT2D eigenvalue weighted by atomic mass is 16.7. The lowest BCUT2D eigenvalue weighted by Gasteiger charge is -2.28. The molecule has 0 bridgehead atoms. The van der Waals surface area contributed by atoms with Gasteiger partial charge < -0.3 is 5.73 Å². The number of hydrogen-bond acceptors (Lipinski definition) is 3. The van der Waals surface area contributed by atoms with Crippen molar-refractivity contribution in [2.24, 2.45) is 17.6 Å². The van der Waals surface area contributed by atoms with Gasteiger partial charge in [0, 0.05) is 14.1 Å². The summed E-state index contributed by atoms with van der Waals surface area (Å²) in [5.41, 5.74) is 5.42. The van der Waals surface area contributed by atoms with E-state index in [4.69, 9.17) is 10.6 Å². The van der Waals surface area contributed by atoms with E-state index in [0.29, 0.717) is 12.5 Å². The van der Waals surface area contributed by atoms with Crippen molar-refractivity contribution in [3.8, 4) is 0 Å². The molecule has 0 radical (unpaired) electrons. The van der Waals surface area contributed by atoms with Crippen LogP contribution in [0.25, 0.3) is 0 Å². The van der Waals surface area contributed by atoms with E-state index in [1.807, 2.05) is 14.1 Å². The van der Waals surface area contributed by atoms with Crippen LogP contribution in [0.15, 0.2) is 0 Å². The molecule has 2 N–H and O–H groups in total. The quantitative estimate of drug-likeness (QED) is 0.699. The third-order valence-corrected chi connectivity index (χ3v) is 3.10. The van der Waals surface area contributed by atoms with E-state index in [1.165, 1.54) is 19.3 Å². The molecule has 1 fully saturated rings. The molecule has 1 unspecified atom stereocenters. The molecule has 0 aromatic carbocycles. The van der Waals surface area contributed by atoms with E-state index in [1.54, 1.807) is 5.06 Å². The molecule has 0 saturated heterocycles. The van der Waals surface area contributed by atoms with Crippen LogP contribution in [0.4, 0.5) is 0 Å². The highest BCUT2D eigenvalue weighted by molar-refractivity contribution is 5.77. The predicted molar refractivity (Wildman–Crippen MR) is 58.9 cm³/mol. The number of carbonyl (C=O) groups is 1. The monoisotopic (exact) mass is 214 g/mol. The average Bonchev–Trinajstić information content (AvgIpc) is 2.18. The van der Waals surface area contributed by atoms with Crippen LogP contribution >= 0.6 is 0 Å². The lowest BCUT2D eigenvalue weighted by molar-refractivity contribution is -0.151. The summed E-state index contributed by atoms with van der Waals surface area (Å²) in [6.45, 7) is 0.424. The molecule has 0 spiro atoms. The first-order valence-corrected chi connectivity index (χ1v) is 5.71. The van der Waals surface area contributed by atoms with Gasteiger partial charge in [-0.1, -0.05) is 19.3 Å². The van der Waals surface area contributed by atoms with Gasteiger partial charge in [-0.15, -0.1) is 0 Å². The second-order valence-electron chi connectivity index (χ2n) is 4.52. The number of nitrogens with zero attached hydrogens (tertiary/aromatic N) is 1. The minimum atomic E-state index is -0.219. The summed E-state index contributed by atoms with van der Waals surface area (Å²) < 4.78 is 0. The first kappa shape index (κ1) is 12.5. The lowest BCUT2D eigenvalue weighted by Crippen LogP contribution is -2.36. The molecule has 15 heavy (non-hydrogen) atoms. The molecular weight excluding hydrogens is 192 g/mol. The topological polar surface area (TPSA) is 55.6 Å². The molecular formula is C11H22N2O2. The molecule has 1 aliphatic carbocycles. The van der Waals surface area contributed by atoms with Crippen LogP contribution in [0.5, 0.6) is 0 Å². The molecule has 0 aromatic heterocycles. The first-order chi connectivity index (χ1) is 7.11. The van der Waals surface area contributed by atoms with E-state index in [9.17, 15) is 4.79 Å². The van der Waals surface area contributed by atoms with Crippen LogP contribution in [0, 0.1) is 11.8 Å². The second-order valence-corrected chi connectivity index (χ2v) is 4.52. The van der Waals surface area contributed by atoms with Crippen LogP contribution in [0.2, 0.25) is 0 Å². The van der Waals surface area contributed by atoms with Gasteiger partial charge in [-0.05, 0) is 18.8 Å². The Morgan fingerprint density at radius 2 is 2.00 bits per heavy atom. The van der Waals surface area contributed by atoms with Crippen molar-refractivity contribution in [2.75, 3.05) is 20.7 Å². The third-order valence-electron chi connectivity index (χ3n) is 3.10. The smallest absolute Gasteiger partial charge is 0.223 e. The summed E-state index contributed by atoms with van der Waals surface area (Å²) in [6, 6.07) is 0. The van der Waals surface area contributed by atoms with Gasteiger partial charge in [0.15, 0.2) is 0 Å². The number of amides is 1. The van der Waals surface area contributed by atoms with Gasteiger partial charge in [0.25, 0.3) is 0 Å². The molecule has 1 rings (SSSR count). The number of primary amides is 1. The molecule has 4 nitrogen and oxygen atoms in total. The fourth-order valence-corrected chi connectivity index (χ4v) is 2.22. The summed E-state index contributed by atoms with van der Waals surface area (Å²) in [6.07, 6.45) is 5.96. The van der Waals surface area contributed by atoms with Crippen molar-refractivity contribution in [3.05, 3.63) is 0 Å². The molecule has 0 aromatic rings. The van der Waals surface area contributed by atoms with Crippen molar-refractivity contribution in [1.29, 1.82) is 0 Å². The number of rotatable bonds is 5. The average molecular weight is 214 g/mol. The molecule has 1 aliphatic rings. The maximum absolute atomic E-state index is 11.3. The highest BCUT2D eigenvalue weighted by Crippen LogP contribution is 2.30. The Morgan fingerprint density at radius 3 is 2.47 bits per heavy atom. The molecule has 1 amide bonds. The van der Waals surface area contributed by atoms with Crippen molar-refractivity contribution < 1.29 is 9.63 Å². The van der Waals surface area contributed by atoms with E-state index < -0.39 is 0 Å². The Hall–Kier alpha value is -0.610. The summed E-state index contributed by atoms with van der Waals surface area (Å²) in [5.74, 6) is 0.0904. The minimum Gasteiger partial charge on any atom is -0.369 e. The first-order valence-electron chi connectivity index (χ1n) is 5.71. The van der Waals surface area contributed by atoms with Crippen molar-refractivity contribution in [1.82, 2.24) is 5.06 Å². The minimum absolute atomic E-state index is 0.118. The van der Waals surface area contributed by atoms with Gasteiger partial charge in [-0.2, -0.15) is 5.06 Å². The Bertz CT molecular complexity index is 201. The van der Waals surface area contributed by atoms with Crippen LogP contribution in [-0.2, 0) is 9.63 Å². The summed E-state index contributed by atoms with van der Waals surface area (Å²) >= 11 is 0. The summed E-state index contributed by atoms with van der Waals surface area (Å²) in [4.78, 5) is 16.7. The normalized spacial score (nSPS) is 20.5. The van der Waals surface area contributed by atoms with Gasteiger partial charge in [0.1, 0.15) is 0 Å². The van der Waals surface area contributed by atoms with E-state index in [-0.39, 0.29) is 11.8 Å². The zero-order valence-electron chi connectivity index (χ0n) is 9.74. The Labute approximate surface area is 91.7 Å². The van der Waals surface area contributed by atoms with Crippen molar-refractivity contribution in [2.45, 2.75) is 32.1 Å². The van der Waals surface area contributed by atoms with E-state index in [0.717, 1.165) is 12.8 Å². The van der Waals surface area contributed by atoms with Crippen LogP contribution in [0.3, 0.4) is 0 Å². The van der Waals surface area contributed by atoms with E-state index in [2.05, 4.69) is 0 Å². The van der Waals surface area contributed by atoms with Crippen LogP contribution < -0.4 is 5.73 Å². The lowest BCUT2D eigenvalue weighted by atomic mass is 9.80. The van der Waals surface area contributed by atoms with Gasteiger partial charge in [0.05, 0.1) is 12.5 Å². The number of hydroxylamine groups is 2. The van der Waals surface area contributed by atoms with Crippen molar-refractivity contribution >= 4 is 5.91 Å². The largest absolute Gasteiger partial charge is 0.369 e. The van der Waals surface area contributed by atoms with Gasteiger partial charge in [-0.3, -0.25) is 9.63 Å². The van der Waals surface area contributed by atoms with Crippen LogP contribution in [0.1, 0.15) is 32.1 Å². The number of carbonyl (C=O) groups excluding carboxylic acids is 1. The van der Waals surface area contributed by atoms with Gasteiger partial charge >= 0.3 is 0 Å². The molecule has 4 heteroatoms. The number of nitrogens with two attached hydrogens (primary N) is 1. The Kier molecular flexibility index (Phi) is 5.05.